The Morgan fingerprint density at radius 1 is 1.40 bits per heavy atom. The first-order valence-corrected chi connectivity index (χ1v) is 3.46. The van der Waals surface area contributed by atoms with Gasteiger partial charge in [0.1, 0.15) is 17.3 Å². The number of hydrogen-bond acceptors (Lipinski definition) is 3. The van der Waals surface area contributed by atoms with Gasteiger partial charge in [-0.15, -0.1) is 10.2 Å². The van der Waals surface area contributed by atoms with Crippen molar-refractivity contribution in [2.75, 3.05) is 0 Å². The molecule has 5 heteroatoms. The maximum atomic E-state index is 3.98. The Morgan fingerprint density at radius 2 is 2.30 bits per heavy atom. The van der Waals surface area contributed by atoms with Crippen molar-refractivity contribution >= 4 is 21.6 Å². The molecule has 0 bridgehead atoms. The molecular formula is C5H3BrN4. The van der Waals surface area contributed by atoms with Gasteiger partial charge in [-0.2, -0.15) is 0 Å². The first-order valence-electron chi connectivity index (χ1n) is 2.67. The maximum Gasteiger partial charge on any atom is 0.164 e. The van der Waals surface area contributed by atoms with Crippen LogP contribution in [0.15, 0.2) is 23.3 Å². The van der Waals surface area contributed by atoms with Crippen molar-refractivity contribution < 1.29 is 0 Å². The van der Waals surface area contributed by atoms with Crippen LogP contribution in [-0.4, -0.2) is 19.6 Å². The molecule has 0 saturated carbocycles. The summed E-state index contributed by atoms with van der Waals surface area (Å²) < 4.78 is 2.51. The molecule has 0 saturated heterocycles. The van der Waals surface area contributed by atoms with Crippen molar-refractivity contribution in [1.29, 1.82) is 0 Å². The van der Waals surface area contributed by atoms with Crippen LogP contribution in [0.5, 0.6) is 0 Å². The van der Waals surface area contributed by atoms with Crippen LogP contribution in [0.3, 0.4) is 0 Å². The number of nitrogens with zero attached hydrogens (tertiary/aromatic N) is 4. The average Bonchev–Trinajstić information content (AvgIpc) is 2.33. The lowest BCUT2D eigenvalue weighted by Gasteiger charge is -1.88. The predicted molar refractivity (Wildman–Crippen MR) is 38.5 cm³/mol. The predicted octanol–water partition coefficient (Wildman–Crippen LogP) is 0.887. The SMILES string of the molecule is Brc1cc2nncn2cn1. The second kappa shape index (κ2) is 2.02. The van der Waals surface area contributed by atoms with Gasteiger partial charge in [0.2, 0.25) is 0 Å². The average molecular weight is 199 g/mol. The fraction of sp³-hybridized carbons (Fsp3) is 0. The number of aromatic nitrogens is 4. The Balaban J connectivity index is 2.86. The van der Waals surface area contributed by atoms with Crippen LogP contribution in [0, 0.1) is 0 Å². The lowest BCUT2D eigenvalue weighted by atomic mass is 10.6. The van der Waals surface area contributed by atoms with E-state index in [0.717, 1.165) is 10.3 Å². The Labute approximate surface area is 65.0 Å². The molecule has 0 amide bonds. The minimum Gasteiger partial charge on any atom is -0.272 e. The van der Waals surface area contributed by atoms with Crippen molar-refractivity contribution in [2.24, 2.45) is 0 Å². The summed E-state index contributed by atoms with van der Waals surface area (Å²) in [5.74, 6) is 0. The van der Waals surface area contributed by atoms with E-state index in [4.69, 9.17) is 0 Å². The van der Waals surface area contributed by atoms with Crippen LogP contribution < -0.4 is 0 Å². The summed E-state index contributed by atoms with van der Waals surface area (Å²) >= 11 is 3.22. The molecular weight excluding hydrogens is 196 g/mol. The van der Waals surface area contributed by atoms with Gasteiger partial charge >= 0.3 is 0 Å². The van der Waals surface area contributed by atoms with Crippen LogP contribution in [-0.2, 0) is 0 Å². The summed E-state index contributed by atoms with van der Waals surface area (Å²) in [7, 11) is 0. The molecule has 0 unspecified atom stereocenters. The zero-order valence-corrected chi connectivity index (χ0v) is 6.48. The normalized spacial score (nSPS) is 10.5. The van der Waals surface area contributed by atoms with Gasteiger partial charge in [-0.25, -0.2) is 4.98 Å². The van der Waals surface area contributed by atoms with E-state index < -0.39 is 0 Å². The minimum absolute atomic E-state index is 0.771. The number of rotatable bonds is 0. The molecule has 0 spiro atoms. The lowest BCUT2D eigenvalue weighted by Crippen LogP contribution is -1.84. The zero-order chi connectivity index (χ0) is 6.97. The van der Waals surface area contributed by atoms with E-state index >= 15 is 0 Å². The highest BCUT2D eigenvalue weighted by atomic mass is 79.9. The third-order valence-electron chi connectivity index (χ3n) is 1.15. The summed E-state index contributed by atoms with van der Waals surface area (Å²) in [5.41, 5.74) is 0.793. The molecule has 2 aromatic heterocycles. The molecule has 4 nitrogen and oxygen atoms in total. The second-order valence-electron chi connectivity index (χ2n) is 1.81. The molecule has 0 N–H and O–H groups in total. The summed E-state index contributed by atoms with van der Waals surface area (Å²) in [6, 6.07) is 1.80. The first kappa shape index (κ1) is 5.79. The van der Waals surface area contributed by atoms with Crippen molar-refractivity contribution in [3.63, 3.8) is 0 Å². The minimum atomic E-state index is 0.771. The smallest absolute Gasteiger partial charge is 0.164 e. The molecule has 0 fully saturated rings. The molecule has 50 valence electrons. The van der Waals surface area contributed by atoms with Gasteiger partial charge in [-0.05, 0) is 15.9 Å². The monoisotopic (exact) mass is 198 g/mol. The van der Waals surface area contributed by atoms with Crippen LogP contribution >= 0.6 is 15.9 Å². The molecule has 0 radical (unpaired) electrons. The molecule has 0 aliphatic rings. The maximum absolute atomic E-state index is 3.98. The molecule has 2 rings (SSSR count). The largest absolute Gasteiger partial charge is 0.272 e. The summed E-state index contributed by atoms with van der Waals surface area (Å²) in [6.07, 6.45) is 3.26. The number of hydrogen-bond donors (Lipinski definition) is 0. The third-order valence-corrected chi connectivity index (χ3v) is 1.59. The molecule has 0 aliphatic heterocycles. The van der Waals surface area contributed by atoms with E-state index in [-0.39, 0.29) is 0 Å². The van der Waals surface area contributed by atoms with E-state index in [1.54, 1.807) is 23.1 Å². The van der Waals surface area contributed by atoms with Gasteiger partial charge in [0, 0.05) is 6.07 Å². The Morgan fingerprint density at radius 3 is 3.20 bits per heavy atom. The lowest BCUT2D eigenvalue weighted by molar-refractivity contribution is 1.06. The van der Waals surface area contributed by atoms with Crippen molar-refractivity contribution in [3.8, 4) is 0 Å². The van der Waals surface area contributed by atoms with Gasteiger partial charge in [-0.1, -0.05) is 0 Å². The van der Waals surface area contributed by atoms with Gasteiger partial charge in [0.05, 0.1) is 0 Å². The van der Waals surface area contributed by atoms with Crippen LogP contribution in [0.4, 0.5) is 0 Å². The van der Waals surface area contributed by atoms with Crippen molar-refractivity contribution in [2.45, 2.75) is 0 Å². The second-order valence-corrected chi connectivity index (χ2v) is 2.62. The van der Waals surface area contributed by atoms with E-state index in [9.17, 15) is 0 Å². The van der Waals surface area contributed by atoms with Crippen LogP contribution in [0.25, 0.3) is 5.65 Å². The number of fused-ring (bicyclic) bond motifs is 1. The Bertz CT molecular complexity index is 355. The third kappa shape index (κ3) is 0.786. The van der Waals surface area contributed by atoms with Gasteiger partial charge in [0.25, 0.3) is 0 Å². The standard InChI is InChI=1S/C5H3BrN4/c6-4-1-5-9-8-3-10(5)2-7-4/h1-3H. The van der Waals surface area contributed by atoms with E-state index in [1.807, 2.05) is 0 Å². The van der Waals surface area contributed by atoms with Crippen molar-refractivity contribution in [3.05, 3.63) is 23.3 Å². The van der Waals surface area contributed by atoms with Gasteiger partial charge < -0.3 is 0 Å². The first-order chi connectivity index (χ1) is 4.86. The summed E-state index contributed by atoms with van der Waals surface area (Å²) in [5, 5.41) is 7.52. The Kier molecular flexibility index (Phi) is 1.17. The fourth-order valence-corrected chi connectivity index (χ4v) is 1.00. The van der Waals surface area contributed by atoms with E-state index in [1.165, 1.54) is 0 Å². The van der Waals surface area contributed by atoms with E-state index in [0.29, 0.717) is 0 Å². The number of halogens is 1. The zero-order valence-electron chi connectivity index (χ0n) is 4.90. The van der Waals surface area contributed by atoms with Gasteiger partial charge in [0.15, 0.2) is 5.65 Å². The van der Waals surface area contributed by atoms with Crippen LogP contribution in [0.2, 0.25) is 0 Å². The highest BCUT2D eigenvalue weighted by Crippen LogP contribution is 2.05. The van der Waals surface area contributed by atoms with Crippen LogP contribution in [0.1, 0.15) is 0 Å². The highest BCUT2D eigenvalue weighted by Gasteiger charge is 1.93. The quantitative estimate of drug-likeness (QED) is 0.591. The highest BCUT2D eigenvalue weighted by molar-refractivity contribution is 9.10. The van der Waals surface area contributed by atoms with Crippen molar-refractivity contribution in [1.82, 2.24) is 19.6 Å². The molecule has 0 aliphatic carbocycles. The summed E-state index contributed by atoms with van der Waals surface area (Å²) in [6.45, 7) is 0. The summed E-state index contributed by atoms with van der Waals surface area (Å²) in [4.78, 5) is 3.98. The topological polar surface area (TPSA) is 43.1 Å². The molecule has 0 atom stereocenters. The molecule has 0 aromatic carbocycles. The molecule has 10 heavy (non-hydrogen) atoms. The Hall–Kier alpha value is -0.970. The van der Waals surface area contributed by atoms with E-state index in [2.05, 4.69) is 31.1 Å². The molecule has 2 aromatic rings. The fourth-order valence-electron chi connectivity index (χ4n) is 0.705. The van der Waals surface area contributed by atoms with Gasteiger partial charge in [-0.3, -0.25) is 4.40 Å². The molecule has 2 heterocycles.